The van der Waals surface area contributed by atoms with Crippen LogP contribution in [-0.2, 0) is 27.5 Å². The molecule has 3 aliphatic rings. The van der Waals surface area contributed by atoms with Crippen molar-refractivity contribution >= 4 is 29.7 Å². The molecule has 1 unspecified atom stereocenters. The molecule has 3 aliphatic heterocycles. The highest BCUT2D eigenvalue weighted by molar-refractivity contribution is 6.05. The maximum Gasteiger partial charge on any atom is 0.573 e. The topological polar surface area (TPSA) is 114 Å². The molecule has 1 fully saturated rings. The standard InChI is InChI=1S/C25H19F4N3O6/c26-21-12(1-3-16-17(21)10-32(24(16)36)18-4-6-20(33)31-23(18)35)9-30-22(34)14-7-13-8-15(38-25(27,28)29)2-5-19(13)37-11-14/h1-3,5,7-8,18H,4,6,9-11H2,(H,30,34)(H,31,33,35). The Balaban J connectivity index is 1.27. The first kappa shape index (κ1) is 25.2. The van der Waals surface area contributed by atoms with E-state index in [9.17, 15) is 32.3 Å². The molecule has 38 heavy (non-hydrogen) atoms. The van der Waals surface area contributed by atoms with Gasteiger partial charge in [-0.05, 0) is 36.8 Å². The van der Waals surface area contributed by atoms with E-state index in [1.54, 1.807) is 0 Å². The fourth-order valence-corrected chi connectivity index (χ4v) is 4.56. The van der Waals surface area contributed by atoms with Gasteiger partial charge in [0.25, 0.3) is 11.8 Å². The lowest BCUT2D eigenvalue weighted by molar-refractivity contribution is -0.274. The minimum Gasteiger partial charge on any atom is -0.488 e. The zero-order valence-electron chi connectivity index (χ0n) is 19.5. The molecule has 0 aromatic heterocycles. The number of nitrogens with zero attached hydrogens (tertiary/aromatic N) is 1. The Hall–Kier alpha value is -4.42. The number of piperidine rings is 1. The third kappa shape index (κ3) is 4.91. The number of halogens is 4. The van der Waals surface area contributed by atoms with E-state index in [-0.39, 0.29) is 66.1 Å². The molecule has 2 aromatic carbocycles. The number of alkyl halides is 3. The third-order valence-corrected chi connectivity index (χ3v) is 6.39. The molecule has 1 saturated heterocycles. The van der Waals surface area contributed by atoms with Crippen LogP contribution in [0.2, 0.25) is 0 Å². The summed E-state index contributed by atoms with van der Waals surface area (Å²) in [6, 6.07) is 5.34. The SMILES string of the molecule is O=C1CCC(N2Cc3c(ccc(CNC(=O)C4=Cc5cc(OC(F)(F)F)ccc5OC4)c3F)C2=O)C(=O)N1. The van der Waals surface area contributed by atoms with Gasteiger partial charge in [0.2, 0.25) is 11.8 Å². The summed E-state index contributed by atoms with van der Waals surface area (Å²) in [5.74, 6) is -3.11. The highest BCUT2D eigenvalue weighted by Crippen LogP contribution is 2.33. The number of hydrogen-bond donors (Lipinski definition) is 2. The van der Waals surface area contributed by atoms with Crippen molar-refractivity contribution in [2.75, 3.05) is 6.61 Å². The Morgan fingerprint density at radius 2 is 1.97 bits per heavy atom. The summed E-state index contributed by atoms with van der Waals surface area (Å²) in [5.41, 5.74) is 0.576. The zero-order chi connectivity index (χ0) is 27.2. The van der Waals surface area contributed by atoms with Crippen molar-refractivity contribution in [2.24, 2.45) is 0 Å². The second kappa shape index (κ2) is 9.47. The monoisotopic (exact) mass is 533 g/mol. The van der Waals surface area contributed by atoms with Crippen molar-refractivity contribution in [2.45, 2.75) is 38.3 Å². The summed E-state index contributed by atoms with van der Waals surface area (Å²) in [6.45, 7) is -0.557. The van der Waals surface area contributed by atoms with Crippen molar-refractivity contribution in [3.05, 3.63) is 64.0 Å². The summed E-state index contributed by atoms with van der Waals surface area (Å²) in [5, 5.41) is 4.72. The van der Waals surface area contributed by atoms with E-state index in [0.29, 0.717) is 0 Å². The Bertz CT molecular complexity index is 1400. The van der Waals surface area contributed by atoms with Gasteiger partial charge in [0.15, 0.2) is 0 Å². The van der Waals surface area contributed by atoms with Gasteiger partial charge in [-0.2, -0.15) is 0 Å². The molecule has 0 aliphatic carbocycles. The van der Waals surface area contributed by atoms with Crippen molar-refractivity contribution in [3.8, 4) is 11.5 Å². The van der Waals surface area contributed by atoms with Gasteiger partial charge in [-0.15, -0.1) is 13.2 Å². The van der Waals surface area contributed by atoms with Crippen LogP contribution in [0.4, 0.5) is 17.6 Å². The van der Waals surface area contributed by atoms with Crippen LogP contribution in [0.3, 0.4) is 0 Å². The fraction of sp³-hybridized carbons (Fsp3) is 0.280. The Labute approximate surface area is 212 Å². The number of nitrogens with one attached hydrogen (secondary N) is 2. The van der Waals surface area contributed by atoms with Gasteiger partial charge in [-0.1, -0.05) is 6.07 Å². The van der Waals surface area contributed by atoms with Gasteiger partial charge in [0.1, 0.15) is 30.0 Å². The Morgan fingerprint density at radius 1 is 1.18 bits per heavy atom. The smallest absolute Gasteiger partial charge is 0.488 e. The van der Waals surface area contributed by atoms with Crippen molar-refractivity contribution < 1.29 is 46.2 Å². The van der Waals surface area contributed by atoms with Gasteiger partial charge >= 0.3 is 6.36 Å². The average Bonchev–Trinajstić information content (AvgIpc) is 3.19. The number of ether oxygens (including phenoxy) is 2. The number of rotatable bonds is 5. The minimum absolute atomic E-state index is 0.0665. The van der Waals surface area contributed by atoms with Crippen LogP contribution < -0.4 is 20.1 Å². The fourth-order valence-electron chi connectivity index (χ4n) is 4.56. The Kier molecular flexibility index (Phi) is 6.29. The molecule has 1 atom stereocenters. The lowest BCUT2D eigenvalue weighted by Crippen LogP contribution is -2.52. The summed E-state index contributed by atoms with van der Waals surface area (Å²) >= 11 is 0. The van der Waals surface area contributed by atoms with Crippen LogP contribution in [0.1, 0.15) is 39.9 Å². The molecule has 198 valence electrons. The number of amides is 4. The van der Waals surface area contributed by atoms with Gasteiger partial charge < -0.3 is 19.7 Å². The van der Waals surface area contributed by atoms with E-state index in [1.807, 2.05) is 0 Å². The molecular weight excluding hydrogens is 514 g/mol. The highest BCUT2D eigenvalue weighted by Gasteiger charge is 2.40. The van der Waals surface area contributed by atoms with Crippen LogP contribution in [0.15, 0.2) is 35.9 Å². The number of hydrogen-bond acceptors (Lipinski definition) is 6. The quantitative estimate of drug-likeness (QED) is 0.451. The first-order chi connectivity index (χ1) is 18.0. The van der Waals surface area contributed by atoms with Crippen LogP contribution >= 0.6 is 0 Å². The number of imide groups is 1. The molecule has 2 aromatic rings. The predicted molar refractivity (Wildman–Crippen MR) is 121 cm³/mol. The molecule has 3 heterocycles. The second-order valence-electron chi connectivity index (χ2n) is 8.85. The summed E-state index contributed by atoms with van der Waals surface area (Å²) in [7, 11) is 0. The molecule has 2 N–H and O–H groups in total. The zero-order valence-corrected chi connectivity index (χ0v) is 19.5. The molecule has 0 saturated carbocycles. The molecule has 13 heteroatoms. The molecular formula is C25H19F4N3O6. The first-order valence-electron chi connectivity index (χ1n) is 11.5. The Morgan fingerprint density at radius 3 is 2.71 bits per heavy atom. The van der Waals surface area contributed by atoms with Crippen LogP contribution in [0, 0.1) is 5.82 Å². The maximum absolute atomic E-state index is 15.3. The number of fused-ring (bicyclic) bond motifs is 2. The predicted octanol–water partition coefficient (Wildman–Crippen LogP) is 2.58. The molecule has 0 bridgehead atoms. The van der Waals surface area contributed by atoms with Crippen LogP contribution in [0.5, 0.6) is 11.5 Å². The summed E-state index contributed by atoms with van der Waals surface area (Å²) < 4.78 is 62.1. The van der Waals surface area contributed by atoms with E-state index >= 15 is 4.39 Å². The van der Waals surface area contributed by atoms with Gasteiger partial charge in [-0.25, -0.2) is 4.39 Å². The van der Waals surface area contributed by atoms with Crippen molar-refractivity contribution in [1.29, 1.82) is 0 Å². The highest BCUT2D eigenvalue weighted by atomic mass is 19.4. The largest absolute Gasteiger partial charge is 0.573 e. The molecule has 0 spiro atoms. The molecule has 0 radical (unpaired) electrons. The van der Waals surface area contributed by atoms with E-state index in [0.717, 1.165) is 12.1 Å². The van der Waals surface area contributed by atoms with Crippen molar-refractivity contribution in [1.82, 2.24) is 15.5 Å². The molecule has 9 nitrogen and oxygen atoms in total. The number of carbonyl (C=O) groups is 4. The van der Waals surface area contributed by atoms with Gasteiger partial charge in [-0.3, -0.25) is 24.5 Å². The number of benzene rings is 2. The first-order valence-corrected chi connectivity index (χ1v) is 11.5. The second-order valence-corrected chi connectivity index (χ2v) is 8.85. The lowest BCUT2D eigenvalue weighted by atomic mass is 10.0. The van der Waals surface area contributed by atoms with E-state index in [4.69, 9.17) is 4.74 Å². The third-order valence-electron chi connectivity index (χ3n) is 6.39. The van der Waals surface area contributed by atoms with Gasteiger partial charge in [0.05, 0.1) is 12.1 Å². The summed E-state index contributed by atoms with van der Waals surface area (Å²) in [4.78, 5) is 50.3. The average molecular weight is 533 g/mol. The minimum atomic E-state index is -4.88. The van der Waals surface area contributed by atoms with Gasteiger partial charge in [0, 0.05) is 35.2 Å². The van der Waals surface area contributed by atoms with E-state index < -0.39 is 47.6 Å². The number of carbonyl (C=O) groups excluding carboxylic acids is 4. The summed E-state index contributed by atoms with van der Waals surface area (Å²) in [6.07, 6.45) is -3.32. The molecule has 4 amide bonds. The van der Waals surface area contributed by atoms with Crippen LogP contribution in [-0.4, -0.2) is 47.5 Å². The van der Waals surface area contributed by atoms with Crippen molar-refractivity contribution in [3.63, 3.8) is 0 Å². The normalized spacial score (nSPS) is 18.7. The van der Waals surface area contributed by atoms with E-state index in [2.05, 4.69) is 15.4 Å². The maximum atomic E-state index is 15.3. The van der Waals surface area contributed by atoms with Crippen LogP contribution in [0.25, 0.3) is 6.08 Å². The van der Waals surface area contributed by atoms with E-state index in [1.165, 1.54) is 29.2 Å². The molecule has 5 rings (SSSR count). The lowest BCUT2D eigenvalue weighted by Gasteiger charge is -2.29.